The van der Waals surface area contributed by atoms with E-state index < -0.39 is 28.5 Å². The van der Waals surface area contributed by atoms with Crippen LogP contribution in [0.1, 0.15) is 22.9 Å². The van der Waals surface area contributed by atoms with Gasteiger partial charge in [0.05, 0.1) is 22.2 Å². The molecule has 0 spiro atoms. The quantitative estimate of drug-likeness (QED) is 0.469. The Balaban J connectivity index is 2.08. The van der Waals surface area contributed by atoms with Gasteiger partial charge in [-0.3, -0.25) is 28.3 Å². The van der Waals surface area contributed by atoms with E-state index in [0.29, 0.717) is 28.4 Å². The number of aromatic nitrogens is 5. The van der Waals surface area contributed by atoms with Crippen molar-refractivity contribution in [3.05, 3.63) is 93.6 Å². The van der Waals surface area contributed by atoms with Gasteiger partial charge in [0.1, 0.15) is 0 Å². The van der Waals surface area contributed by atoms with Crippen LogP contribution >= 0.6 is 0 Å². The van der Waals surface area contributed by atoms with Gasteiger partial charge in [-0.25, -0.2) is 9.59 Å². The lowest BCUT2D eigenvalue weighted by molar-refractivity contribution is 0.350. The lowest BCUT2D eigenvalue weighted by Gasteiger charge is -2.32. The summed E-state index contributed by atoms with van der Waals surface area (Å²) in [6, 6.07) is 3.09. The van der Waals surface area contributed by atoms with Crippen LogP contribution in [0, 0.1) is 6.92 Å². The van der Waals surface area contributed by atoms with Crippen LogP contribution in [0.4, 0.5) is 0 Å². The highest BCUT2D eigenvalue weighted by Gasteiger charge is 2.27. The second-order valence-electron chi connectivity index (χ2n) is 7.98. The molecule has 0 saturated heterocycles. The molecular weight excluding hydrogens is 412 g/mol. The van der Waals surface area contributed by atoms with E-state index in [2.05, 4.69) is 4.98 Å². The maximum atomic E-state index is 13.2. The fourth-order valence-corrected chi connectivity index (χ4v) is 4.09. The van der Waals surface area contributed by atoms with Gasteiger partial charge in [-0.1, -0.05) is 0 Å². The Morgan fingerprint density at radius 1 is 0.844 bits per heavy atom. The van der Waals surface area contributed by atoms with Crippen LogP contribution < -0.4 is 33.1 Å². The Hall–Kier alpha value is -3.95. The first-order valence-corrected chi connectivity index (χ1v) is 10.0. The van der Waals surface area contributed by atoms with Gasteiger partial charge in [0.25, 0.3) is 11.1 Å². The molecule has 0 amide bonds. The van der Waals surface area contributed by atoms with Crippen LogP contribution in [0.5, 0.6) is 0 Å². The van der Waals surface area contributed by atoms with Crippen LogP contribution in [0.25, 0.3) is 12.3 Å². The number of nitrogens with zero attached hydrogens (tertiary/aromatic N) is 6. The molecule has 0 N–H and O–H groups in total. The highest BCUT2D eigenvalue weighted by atomic mass is 16.2. The monoisotopic (exact) mass is 436 g/mol. The van der Waals surface area contributed by atoms with E-state index in [4.69, 9.17) is 0 Å². The molecule has 3 aromatic rings. The van der Waals surface area contributed by atoms with Gasteiger partial charge in [0.15, 0.2) is 0 Å². The standard InChI is InChI=1S/C22H24N6O4/c1-13-18(20(30)27(5)21(31)24(13)2)16-10-15-17(25(3)22(32)26(4)19(15)29)12-28(16)11-14-6-8-23-9-7-14/h6-10,12,16H,11H2,1-5H3. The SMILES string of the molecule is Cc1c(C2C=c3c(=O)n(C)c(=O)n(C)c3=CN2Cc2ccncc2)c(=O)n(C)c(=O)n1C. The minimum absolute atomic E-state index is 0.334. The Morgan fingerprint density at radius 2 is 1.44 bits per heavy atom. The fourth-order valence-electron chi connectivity index (χ4n) is 4.09. The molecule has 4 rings (SSSR count). The summed E-state index contributed by atoms with van der Waals surface area (Å²) in [6.45, 7) is 2.11. The summed E-state index contributed by atoms with van der Waals surface area (Å²) in [7, 11) is 6.07. The van der Waals surface area contributed by atoms with E-state index >= 15 is 0 Å². The molecule has 32 heavy (non-hydrogen) atoms. The topological polar surface area (TPSA) is 104 Å². The first-order valence-electron chi connectivity index (χ1n) is 10.0. The second-order valence-corrected chi connectivity index (χ2v) is 7.98. The van der Waals surface area contributed by atoms with Gasteiger partial charge in [0.2, 0.25) is 0 Å². The molecular formula is C22H24N6O4. The summed E-state index contributed by atoms with van der Waals surface area (Å²) in [4.78, 5) is 56.9. The van der Waals surface area contributed by atoms with Crippen molar-refractivity contribution in [2.24, 2.45) is 28.2 Å². The zero-order chi connectivity index (χ0) is 23.3. The number of fused-ring (bicyclic) bond motifs is 1. The minimum atomic E-state index is -0.619. The lowest BCUT2D eigenvalue weighted by atomic mass is 10.0. The predicted octanol–water partition coefficient (Wildman–Crippen LogP) is -2.04. The average Bonchev–Trinajstić information content (AvgIpc) is 2.80. The first-order chi connectivity index (χ1) is 15.1. The minimum Gasteiger partial charge on any atom is -0.360 e. The lowest BCUT2D eigenvalue weighted by Crippen LogP contribution is -2.59. The molecule has 0 aromatic carbocycles. The molecule has 10 nitrogen and oxygen atoms in total. The number of pyridine rings is 1. The zero-order valence-corrected chi connectivity index (χ0v) is 18.6. The van der Waals surface area contributed by atoms with E-state index in [0.717, 1.165) is 14.7 Å². The molecule has 10 heteroatoms. The van der Waals surface area contributed by atoms with E-state index in [-0.39, 0.29) is 0 Å². The molecule has 0 aliphatic carbocycles. The molecule has 3 aromatic heterocycles. The number of hydrogen-bond donors (Lipinski definition) is 0. The van der Waals surface area contributed by atoms with E-state index in [1.54, 1.807) is 45.7 Å². The highest BCUT2D eigenvalue weighted by Crippen LogP contribution is 2.25. The summed E-state index contributed by atoms with van der Waals surface area (Å²) in [5.74, 6) is 0. The molecule has 0 saturated carbocycles. The summed E-state index contributed by atoms with van der Waals surface area (Å²) in [5.41, 5.74) is 0.118. The number of hydrogen-bond acceptors (Lipinski definition) is 6. The number of rotatable bonds is 3. The Bertz CT molecular complexity index is 1590. The van der Waals surface area contributed by atoms with Crippen molar-refractivity contribution in [3.63, 3.8) is 0 Å². The third-order valence-electron chi connectivity index (χ3n) is 6.13. The maximum absolute atomic E-state index is 13.2. The van der Waals surface area contributed by atoms with Gasteiger partial charge in [0, 0.05) is 59.0 Å². The first kappa shape index (κ1) is 21.3. The van der Waals surface area contributed by atoms with Crippen LogP contribution in [-0.4, -0.2) is 28.2 Å². The Labute approximate surface area is 182 Å². The fraction of sp³-hybridized carbons (Fsp3) is 0.318. The third kappa shape index (κ3) is 3.15. The van der Waals surface area contributed by atoms with Crippen molar-refractivity contribution < 1.29 is 0 Å². The summed E-state index contributed by atoms with van der Waals surface area (Å²) in [5, 5.41) is 0.795. The maximum Gasteiger partial charge on any atom is 0.330 e. The van der Waals surface area contributed by atoms with Crippen molar-refractivity contribution in [2.75, 3.05) is 0 Å². The second kappa shape index (κ2) is 7.63. The third-order valence-corrected chi connectivity index (χ3v) is 6.13. The Kier molecular flexibility index (Phi) is 5.08. The zero-order valence-electron chi connectivity index (χ0n) is 18.6. The smallest absolute Gasteiger partial charge is 0.330 e. The van der Waals surface area contributed by atoms with Gasteiger partial charge >= 0.3 is 11.4 Å². The largest absolute Gasteiger partial charge is 0.360 e. The summed E-state index contributed by atoms with van der Waals surface area (Å²) >= 11 is 0. The summed E-state index contributed by atoms with van der Waals surface area (Å²) < 4.78 is 4.94. The van der Waals surface area contributed by atoms with Crippen molar-refractivity contribution in [2.45, 2.75) is 19.5 Å². The van der Waals surface area contributed by atoms with Gasteiger partial charge in [-0.15, -0.1) is 0 Å². The Morgan fingerprint density at radius 3 is 2.09 bits per heavy atom. The van der Waals surface area contributed by atoms with Crippen LogP contribution in [0.3, 0.4) is 0 Å². The van der Waals surface area contributed by atoms with Crippen molar-refractivity contribution in [1.29, 1.82) is 0 Å². The normalized spacial score (nSPS) is 15.2. The molecule has 1 atom stereocenters. The molecule has 166 valence electrons. The van der Waals surface area contributed by atoms with Crippen LogP contribution in [0.15, 0.2) is 43.7 Å². The highest BCUT2D eigenvalue weighted by molar-refractivity contribution is 5.46. The average molecular weight is 436 g/mol. The molecule has 0 bridgehead atoms. The molecule has 1 aliphatic rings. The van der Waals surface area contributed by atoms with Crippen molar-refractivity contribution in [1.82, 2.24) is 28.2 Å². The molecule has 1 unspecified atom stereocenters. The van der Waals surface area contributed by atoms with E-state index in [1.807, 2.05) is 17.0 Å². The van der Waals surface area contributed by atoms with Crippen LogP contribution in [-0.2, 0) is 34.7 Å². The van der Waals surface area contributed by atoms with E-state index in [9.17, 15) is 19.2 Å². The van der Waals surface area contributed by atoms with Gasteiger partial charge in [-0.05, 0) is 30.7 Å². The predicted molar refractivity (Wildman–Crippen MR) is 119 cm³/mol. The van der Waals surface area contributed by atoms with Crippen LogP contribution in [0.2, 0.25) is 0 Å². The summed E-state index contributed by atoms with van der Waals surface area (Å²) in [6.07, 6.45) is 6.78. The molecule has 0 radical (unpaired) electrons. The van der Waals surface area contributed by atoms with Gasteiger partial charge in [-0.2, -0.15) is 0 Å². The molecule has 1 aliphatic heterocycles. The van der Waals surface area contributed by atoms with Crippen molar-refractivity contribution in [3.8, 4) is 0 Å². The van der Waals surface area contributed by atoms with Crippen molar-refractivity contribution >= 4 is 12.3 Å². The van der Waals surface area contributed by atoms with Gasteiger partial charge < -0.3 is 9.47 Å². The van der Waals surface area contributed by atoms with E-state index in [1.165, 1.54) is 23.2 Å². The molecule has 0 fully saturated rings. The molecule has 4 heterocycles.